The van der Waals surface area contributed by atoms with Crippen LogP contribution in [0.4, 0.5) is 0 Å². The van der Waals surface area contributed by atoms with E-state index in [1.807, 2.05) is 0 Å². The van der Waals surface area contributed by atoms with Crippen molar-refractivity contribution in [3.05, 3.63) is 0 Å². The van der Waals surface area contributed by atoms with E-state index in [-0.39, 0.29) is 11.5 Å². The Bertz CT molecular complexity index is 255. The van der Waals surface area contributed by atoms with Gasteiger partial charge in [-0.05, 0) is 30.6 Å². The lowest BCUT2D eigenvalue weighted by Crippen LogP contribution is -2.45. The number of ether oxygens (including phenoxy) is 1. The van der Waals surface area contributed by atoms with E-state index in [1.54, 1.807) is 0 Å². The molecule has 3 heteroatoms. The topological polar surface area (TPSA) is 32.7 Å². The maximum absolute atomic E-state index is 10.3. The summed E-state index contributed by atoms with van der Waals surface area (Å²) in [4.78, 5) is 2.48. The summed E-state index contributed by atoms with van der Waals surface area (Å²) < 4.78 is 5.69. The van der Waals surface area contributed by atoms with Crippen LogP contribution in [0.5, 0.6) is 0 Å². The average molecular weight is 241 g/mol. The fourth-order valence-electron chi connectivity index (χ4n) is 3.22. The minimum Gasteiger partial charge on any atom is -0.392 e. The monoisotopic (exact) mass is 241 g/mol. The molecule has 2 fully saturated rings. The highest BCUT2D eigenvalue weighted by atomic mass is 16.5. The lowest BCUT2D eigenvalue weighted by molar-refractivity contribution is -0.0438. The Morgan fingerprint density at radius 2 is 2.18 bits per heavy atom. The van der Waals surface area contributed by atoms with Gasteiger partial charge in [0.25, 0.3) is 0 Å². The molecule has 1 heterocycles. The molecule has 17 heavy (non-hydrogen) atoms. The van der Waals surface area contributed by atoms with Crippen molar-refractivity contribution in [1.29, 1.82) is 0 Å². The molecule has 1 N–H and O–H groups in total. The van der Waals surface area contributed by atoms with E-state index in [4.69, 9.17) is 4.74 Å². The van der Waals surface area contributed by atoms with Crippen LogP contribution in [0, 0.1) is 11.3 Å². The first-order valence-electron chi connectivity index (χ1n) is 7.05. The van der Waals surface area contributed by atoms with Gasteiger partial charge >= 0.3 is 0 Å². The van der Waals surface area contributed by atoms with Crippen molar-refractivity contribution in [1.82, 2.24) is 4.90 Å². The summed E-state index contributed by atoms with van der Waals surface area (Å²) >= 11 is 0. The summed E-state index contributed by atoms with van der Waals surface area (Å²) in [7, 11) is 0. The minimum atomic E-state index is -0.134. The molecule has 2 aliphatic rings. The summed E-state index contributed by atoms with van der Waals surface area (Å²) in [5.74, 6) is 0.459. The Balaban J connectivity index is 1.85. The van der Waals surface area contributed by atoms with Gasteiger partial charge in [-0.3, -0.25) is 4.90 Å². The van der Waals surface area contributed by atoms with Gasteiger partial charge in [-0.1, -0.05) is 20.8 Å². The molecule has 0 aromatic carbocycles. The predicted molar refractivity (Wildman–Crippen MR) is 69.0 cm³/mol. The molecule has 3 unspecified atom stereocenters. The van der Waals surface area contributed by atoms with Crippen molar-refractivity contribution in [3.8, 4) is 0 Å². The summed E-state index contributed by atoms with van der Waals surface area (Å²) in [6.07, 6.45) is 3.68. The number of nitrogens with zero attached hydrogens (tertiary/aromatic N) is 1. The lowest BCUT2D eigenvalue weighted by Gasteiger charge is -2.35. The van der Waals surface area contributed by atoms with Gasteiger partial charge in [0.05, 0.1) is 18.8 Å². The van der Waals surface area contributed by atoms with Crippen LogP contribution in [0.2, 0.25) is 0 Å². The second kappa shape index (κ2) is 5.25. The van der Waals surface area contributed by atoms with Gasteiger partial charge in [-0.15, -0.1) is 0 Å². The second-order valence-corrected chi connectivity index (χ2v) is 6.39. The number of aliphatic hydroxyl groups excluding tert-OH is 1. The van der Waals surface area contributed by atoms with Crippen molar-refractivity contribution in [2.24, 2.45) is 11.3 Å². The Morgan fingerprint density at radius 1 is 1.41 bits per heavy atom. The van der Waals surface area contributed by atoms with E-state index < -0.39 is 0 Å². The normalized spacial score (nSPS) is 38.5. The highest BCUT2D eigenvalue weighted by Crippen LogP contribution is 2.41. The molecule has 3 nitrogen and oxygen atoms in total. The third-order valence-electron chi connectivity index (χ3n) is 4.58. The summed E-state index contributed by atoms with van der Waals surface area (Å²) in [6, 6.07) is 0. The van der Waals surface area contributed by atoms with Crippen LogP contribution in [0.25, 0.3) is 0 Å². The van der Waals surface area contributed by atoms with E-state index in [2.05, 4.69) is 25.7 Å². The number of hydrogen-bond acceptors (Lipinski definition) is 3. The summed E-state index contributed by atoms with van der Waals surface area (Å²) in [5.41, 5.74) is 0.112. The molecule has 0 aromatic heterocycles. The van der Waals surface area contributed by atoms with E-state index in [0.717, 1.165) is 39.1 Å². The van der Waals surface area contributed by atoms with Gasteiger partial charge in [-0.25, -0.2) is 0 Å². The van der Waals surface area contributed by atoms with Gasteiger partial charge in [0.2, 0.25) is 0 Å². The van der Waals surface area contributed by atoms with Crippen LogP contribution in [0.3, 0.4) is 0 Å². The van der Waals surface area contributed by atoms with Crippen LogP contribution < -0.4 is 0 Å². The van der Waals surface area contributed by atoms with Crippen LogP contribution in [0.1, 0.15) is 40.0 Å². The highest BCUT2D eigenvalue weighted by molar-refractivity contribution is 4.92. The summed E-state index contributed by atoms with van der Waals surface area (Å²) in [6.45, 7) is 10.5. The molecule has 1 aliphatic carbocycles. The van der Waals surface area contributed by atoms with Gasteiger partial charge in [0, 0.05) is 19.6 Å². The van der Waals surface area contributed by atoms with E-state index in [0.29, 0.717) is 12.0 Å². The molecule has 1 aliphatic heterocycles. The van der Waals surface area contributed by atoms with Gasteiger partial charge in [0.15, 0.2) is 0 Å². The predicted octanol–water partition coefficient (Wildman–Crippen LogP) is 1.89. The highest BCUT2D eigenvalue weighted by Gasteiger charge is 2.41. The Kier molecular flexibility index (Phi) is 4.11. The lowest BCUT2D eigenvalue weighted by atomic mass is 9.87. The Labute approximate surface area is 105 Å². The molecule has 0 radical (unpaired) electrons. The van der Waals surface area contributed by atoms with Crippen LogP contribution >= 0.6 is 0 Å². The van der Waals surface area contributed by atoms with E-state index in [1.165, 1.54) is 6.42 Å². The fourth-order valence-corrected chi connectivity index (χ4v) is 3.22. The minimum absolute atomic E-state index is 0.112. The molecule has 0 amide bonds. The molecule has 0 spiro atoms. The molecular weight excluding hydrogens is 214 g/mol. The standard InChI is InChI=1S/C14H27NO2/c1-4-12-10-15(7-8-17-12)9-11-5-6-14(2,3)13(11)16/h11-13,16H,4-10H2,1-3H3. The van der Waals surface area contributed by atoms with Crippen LogP contribution in [-0.2, 0) is 4.74 Å². The number of hydrogen-bond donors (Lipinski definition) is 1. The zero-order valence-electron chi connectivity index (χ0n) is 11.5. The number of rotatable bonds is 3. The van der Waals surface area contributed by atoms with Gasteiger partial charge in [-0.2, -0.15) is 0 Å². The number of morpholine rings is 1. The quantitative estimate of drug-likeness (QED) is 0.819. The zero-order valence-corrected chi connectivity index (χ0v) is 11.5. The third-order valence-corrected chi connectivity index (χ3v) is 4.58. The molecule has 1 saturated carbocycles. The van der Waals surface area contributed by atoms with Crippen molar-refractivity contribution < 1.29 is 9.84 Å². The molecule has 2 rings (SSSR count). The van der Waals surface area contributed by atoms with E-state index >= 15 is 0 Å². The first kappa shape index (κ1) is 13.3. The molecule has 100 valence electrons. The molecule has 0 aromatic rings. The largest absolute Gasteiger partial charge is 0.392 e. The summed E-state index contributed by atoms with van der Waals surface area (Å²) in [5, 5.41) is 10.3. The SMILES string of the molecule is CCC1CN(CC2CCC(C)(C)C2O)CCO1. The Hall–Kier alpha value is -0.120. The van der Waals surface area contributed by atoms with Crippen molar-refractivity contribution >= 4 is 0 Å². The third kappa shape index (κ3) is 3.01. The maximum atomic E-state index is 10.3. The molecule has 1 saturated heterocycles. The molecular formula is C14H27NO2. The smallest absolute Gasteiger partial charge is 0.0700 e. The molecule has 3 atom stereocenters. The average Bonchev–Trinajstić information content (AvgIpc) is 2.57. The second-order valence-electron chi connectivity index (χ2n) is 6.39. The Morgan fingerprint density at radius 3 is 2.76 bits per heavy atom. The van der Waals surface area contributed by atoms with Crippen molar-refractivity contribution in [3.63, 3.8) is 0 Å². The maximum Gasteiger partial charge on any atom is 0.0700 e. The van der Waals surface area contributed by atoms with Crippen molar-refractivity contribution in [2.75, 3.05) is 26.2 Å². The van der Waals surface area contributed by atoms with Crippen LogP contribution in [-0.4, -0.2) is 48.5 Å². The fraction of sp³-hybridized carbons (Fsp3) is 1.00. The zero-order chi connectivity index (χ0) is 12.5. The molecule has 0 bridgehead atoms. The van der Waals surface area contributed by atoms with Gasteiger partial charge < -0.3 is 9.84 Å². The van der Waals surface area contributed by atoms with Crippen LogP contribution in [0.15, 0.2) is 0 Å². The number of aliphatic hydroxyl groups is 1. The van der Waals surface area contributed by atoms with Crippen molar-refractivity contribution in [2.45, 2.75) is 52.2 Å². The first-order chi connectivity index (χ1) is 8.03. The first-order valence-corrected chi connectivity index (χ1v) is 7.05. The van der Waals surface area contributed by atoms with Gasteiger partial charge in [0.1, 0.15) is 0 Å². The van der Waals surface area contributed by atoms with E-state index in [9.17, 15) is 5.11 Å².